The van der Waals surface area contributed by atoms with E-state index in [1.165, 1.54) is 27.4 Å². The van der Waals surface area contributed by atoms with Crippen LogP contribution >= 0.6 is 0 Å². The van der Waals surface area contributed by atoms with Crippen molar-refractivity contribution in [3.8, 4) is 0 Å². The lowest BCUT2D eigenvalue weighted by Gasteiger charge is -2.29. The molecule has 4 rings (SSSR count). The molecule has 0 aliphatic carbocycles. The average Bonchev–Trinajstić information content (AvgIpc) is 3.21. The van der Waals surface area contributed by atoms with Gasteiger partial charge in [0.1, 0.15) is 0 Å². The van der Waals surface area contributed by atoms with E-state index in [1.54, 1.807) is 30.3 Å². The SMILES string of the molecule is CC1CCN(S(=O)(=O)c2ccc(N3C[C@@H](C(=O)Nc4ccccc4C(N)=O)CC3=O)cc2)CC1. The van der Waals surface area contributed by atoms with Gasteiger partial charge in [-0.2, -0.15) is 4.31 Å². The fourth-order valence-corrected chi connectivity index (χ4v) is 5.82. The van der Waals surface area contributed by atoms with Crippen molar-refractivity contribution < 1.29 is 22.8 Å². The Kier molecular flexibility index (Phi) is 6.72. The normalized spacial score (nSPS) is 19.9. The van der Waals surface area contributed by atoms with E-state index < -0.39 is 21.8 Å². The first-order chi connectivity index (χ1) is 16.2. The molecule has 2 aromatic rings. The first-order valence-corrected chi connectivity index (χ1v) is 12.7. The lowest BCUT2D eigenvalue weighted by atomic mass is 10.0. The number of nitrogens with zero attached hydrogens (tertiary/aromatic N) is 2. The Labute approximate surface area is 199 Å². The highest BCUT2D eigenvalue weighted by Gasteiger charge is 2.36. The minimum Gasteiger partial charge on any atom is -0.366 e. The van der Waals surface area contributed by atoms with Crippen LogP contribution in [0.5, 0.6) is 0 Å². The van der Waals surface area contributed by atoms with E-state index in [-0.39, 0.29) is 35.2 Å². The standard InChI is InChI=1S/C24H28N4O5S/c1-16-10-12-27(13-11-16)34(32,33)19-8-6-18(7-9-19)28-15-17(14-22(28)29)24(31)26-21-5-3-2-4-20(21)23(25)30/h2-9,16-17H,10-15H2,1H3,(H2,25,30)(H,26,31)/t17-/m0/s1. The number of sulfonamides is 1. The molecule has 2 fully saturated rings. The summed E-state index contributed by atoms with van der Waals surface area (Å²) in [6, 6.07) is 12.6. The van der Waals surface area contributed by atoms with Crippen LogP contribution in [-0.2, 0) is 19.6 Å². The third-order valence-corrected chi connectivity index (χ3v) is 8.39. The molecule has 1 atom stereocenters. The number of hydrogen-bond acceptors (Lipinski definition) is 5. The van der Waals surface area contributed by atoms with E-state index in [1.807, 2.05) is 0 Å². The first kappa shape index (κ1) is 23.9. The Bertz CT molecular complexity index is 1200. The van der Waals surface area contributed by atoms with Crippen LogP contribution in [-0.4, -0.2) is 50.1 Å². The van der Waals surface area contributed by atoms with Crippen molar-refractivity contribution in [2.45, 2.75) is 31.1 Å². The number of nitrogens with two attached hydrogens (primary N) is 1. The molecule has 10 heteroatoms. The van der Waals surface area contributed by atoms with Crippen molar-refractivity contribution in [3.63, 3.8) is 0 Å². The Balaban J connectivity index is 1.44. The number of piperidine rings is 1. The lowest BCUT2D eigenvalue weighted by molar-refractivity contribution is -0.122. The van der Waals surface area contributed by atoms with Crippen LogP contribution in [0.15, 0.2) is 53.4 Å². The maximum atomic E-state index is 12.9. The maximum Gasteiger partial charge on any atom is 0.250 e. The molecule has 180 valence electrons. The summed E-state index contributed by atoms with van der Waals surface area (Å²) < 4.78 is 27.4. The van der Waals surface area contributed by atoms with Gasteiger partial charge in [-0.25, -0.2) is 8.42 Å². The molecule has 0 bridgehead atoms. The van der Waals surface area contributed by atoms with Crippen LogP contribution in [0.1, 0.15) is 36.5 Å². The molecule has 3 amide bonds. The smallest absolute Gasteiger partial charge is 0.250 e. The van der Waals surface area contributed by atoms with Gasteiger partial charge in [0.2, 0.25) is 21.8 Å². The molecule has 0 unspecified atom stereocenters. The predicted molar refractivity (Wildman–Crippen MR) is 128 cm³/mol. The second kappa shape index (κ2) is 9.55. The van der Waals surface area contributed by atoms with Gasteiger partial charge in [-0.15, -0.1) is 0 Å². The largest absolute Gasteiger partial charge is 0.366 e. The number of rotatable bonds is 6. The van der Waals surface area contributed by atoms with Crippen molar-refractivity contribution in [2.75, 3.05) is 29.9 Å². The minimum atomic E-state index is -3.58. The third kappa shape index (κ3) is 4.83. The number of nitrogens with one attached hydrogen (secondary N) is 1. The molecule has 2 aromatic carbocycles. The Morgan fingerprint density at radius 2 is 1.68 bits per heavy atom. The van der Waals surface area contributed by atoms with Gasteiger partial charge < -0.3 is 16.0 Å². The summed E-state index contributed by atoms with van der Waals surface area (Å²) in [5, 5.41) is 2.69. The van der Waals surface area contributed by atoms with Crippen molar-refractivity contribution in [3.05, 3.63) is 54.1 Å². The molecular weight excluding hydrogens is 456 g/mol. The van der Waals surface area contributed by atoms with E-state index >= 15 is 0 Å². The molecule has 9 nitrogen and oxygen atoms in total. The summed E-state index contributed by atoms with van der Waals surface area (Å²) in [7, 11) is -3.58. The van der Waals surface area contributed by atoms with Gasteiger partial charge in [0.15, 0.2) is 0 Å². The fourth-order valence-electron chi connectivity index (χ4n) is 4.35. The van der Waals surface area contributed by atoms with Gasteiger partial charge in [0.05, 0.1) is 22.1 Å². The molecule has 0 aromatic heterocycles. The van der Waals surface area contributed by atoms with Crippen LogP contribution in [0.2, 0.25) is 0 Å². The quantitative estimate of drug-likeness (QED) is 0.649. The second-order valence-corrected chi connectivity index (χ2v) is 10.8. The van der Waals surface area contributed by atoms with Gasteiger partial charge in [-0.1, -0.05) is 19.1 Å². The number of carbonyl (C=O) groups is 3. The predicted octanol–water partition coefficient (Wildman–Crippen LogP) is 2.20. The van der Waals surface area contributed by atoms with Gasteiger partial charge in [-0.05, 0) is 55.2 Å². The number of anilines is 2. The van der Waals surface area contributed by atoms with E-state index in [4.69, 9.17) is 5.73 Å². The van der Waals surface area contributed by atoms with Crippen molar-refractivity contribution in [1.82, 2.24) is 4.31 Å². The lowest BCUT2D eigenvalue weighted by Crippen LogP contribution is -2.37. The highest BCUT2D eigenvalue weighted by molar-refractivity contribution is 7.89. The highest BCUT2D eigenvalue weighted by atomic mass is 32.2. The van der Waals surface area contributed by atoms with Gasteiger partial charge in [-0.3, -0.25) is 14.4 Å². The second-order valence-electron chi connectivity index (χ2n) is 8.88. The number of carbonyl (C=O) groups excluding carboxylic acids is 3. The van der Waals surface area contributed by atoms with Crippen LogP contribution in [0.4, 0.5) is 11.4 Å². The Morgan fingerprint density at radius 1 is 1.03 bits per heavy atom. The van der Waals surface area contributed by atoms with E-state index in [2.05, 4.69) is 12.2 Å². The highest BCUT2D eigenvalue weighted by Crippen LogP contribution is 2.29. The number of hydrogen-bond donors (Lipinski definition) is 2. The molecule has 0 radical (unpaired) electrons. The van der Waals surface area contributed by atoms with E-state index in [9.17, 15) is 22.8 Å². The summed E-state index contributed by atoms with van der Waals surface area (Å²) in [5.41, 5.74) is 6.38. The molecule has 2 aliphatic rings. The van der Waals surface area contributed by atoms with E-state index in [0.717, 1.165) is 12.8 Å². The number of amides is 3. The zero-order valence-electron chi connectivity index (χ0n) is 18.9. The molecule has 2 saturated heterocycles. The molecular formula is C24H28N4O5S. The summed E-state index contributed by atoms with van der Waals surface area (Å²) in [5.74, 6) is -1.38. The molecule has 0 spiro atoms. The molecule has 34 heavy (non-hydrogen) atoms. The minimum absolute atomic E-state index is 0.0105. The number of para-hydroxylation sites is 1. The summed E-state index contributed by atoms with van der Waals surface area (Å²) >= 11 is 0. The van der Waals surface area contributed by atoms with Crippen LogP contribution < -0.4 is 16.0 Å². The Morgan fingerprint density at radius 3 is 2.32 bits per heavy atom. The summed E-state index contributed by atoms with van der Waals surface area (Å²) in [6.07, 6.45) is 1.69. The average molecular weight is 485 g/mol. The number of primary amides is 1. The summed E-state index contributed by atoms with van der Waals surface area (Å²) in [6.45, 7) is 3.28. The van der Waals surface area contributed by atoms with E-state index in [0.29, 0.717) is 30.4 Å². The topological polar surface area (TPSA) is 130 Å². The molecule has 2 aliphatic heterocycles. The first-order valence-electron chi connectivity index (χ1n) is 11.3. The molecule has 2 heterocycles. The summed E-state index contributed by atoms with van der Waals surface area (Å²) in [4.78, 5) is 38.6. The fraction of sp³-hybridized carbons (Fsp3) is 0.375. The van der Waals surface area contributed by atoms with Crippen molar-refractivity contribution >= 4 is 39.1 Å². The maximum absolute atomic E-state index is 12.9. The van der Waals surface area contributed by atoms with Crippen LogP contribution in [0, 0.1) is 11.8 Å². The molecule has 3 N–H and O–H groups in total. The zero-order valence-corrected chi connectivity index (χ0v) is 19.8. The Hall–Kier alpha value is -3.24. The third-order valence-electron chi connectivity index (χ3n) is 6.47. The molecule has 0 saturated carbocycles. The van der Waals surface area contributed by atoms with Crippen LogP contribution in [0.25, 0.3) is 0 Å². The van der Waals surface area contributed by atoms with Crippen molar-refractivity contribution in [2.24, 2.45) is 17.6 Å². The monoisotopic (exact) mass is 484 g/mol. The van der Waals surface area contributed by atoms with Gasteiger partial charge >= 0.3 is 0 Å². The zero-order chi connectivity index (χ0) is 24.5. The van der Waals surface area contributed by atoms with Gasteiger partial charge in [0.25, 0.3) is 5.91 Å². The van der Waals surface area contributed by atoms with Gasteiger partial charge in [0, 0.05) is 31.7 Å². The van der Waals surface area contributed by atoms with Crippen LogP contribution in [0.3, 0.4) is 0 Å². The number of benzene rings is 2. The van der Waals surface area contributed by atoms with Crippen molar-refractivity contribution in [1.29, 1.82) is 0 Å².